The van der Waals surface area contributed by atoms with Gasteiger partial charge >= 0.3 is 0 Å². The van der Waals surface area contributed by atoms with E-state index in [1.807, 2.05) is 24.3 Å². The molecule has 0 saturated carbocycles. The summed E-state index contributed by atoms with van der Waals surface area (Å²) < 4.78 is 13.2. The summed E-state index contributed by atoms with van der Waals surface area (Å²) in [5.41, 5.74) is 10.4. The quantitative estimate of drug-likeness (QED) is 0.549. The fourth-order valence-electron chi connectivity index (χ4n) is 3.82. The largest absolute Gasteiger partial charge is 0.398 e. The summed E-state index contributed by atoms with van der Waals surface area (Å²) in [6.45, 7) is 10.2. The van der Waals surface area contributed by atoms with Crippen molar-refractivity contribution in [2.45, 2.75) is 40.0 Å². The van der Waals surface area contributed by atoms with Crippen LogP contribution in [0, 0.1) is 11.2 Å². The maximum absolute atomic E-state index is 13.2. The van der Waals surface area contributed by atoms with Crippen molar-refractivity contribution in [1.29, 1.82) is 0 Å². The highest BCUT2D eigenvalue weighted by molar-refractivity contribution is 5.98. The molecule has 29 heavy (non-hydrogen) atoms. The van der Waals surface area contributed by atoms with Gasteiger partial charge in [-0.3, -0.25) is 4.79 Å². The van der Waals surface area contributed by atoms with Gasteiger partial charge in [0.05, 0.1) is 0 Å². The van der Waals surface area contributed by atoms with E-state index in [-0.39, 0.29) is 18.0 Å². The molecule has 0 bridgehead atoms. The van der Waals surface area contributed by atoms with Crippen molar-refractivity contribution in [1.82, 2.24) is 4.90 Å². The number of Topliss-reactive ketones (excluding diaryl/α,β-unsaturated/α-hetero) is 1. The van der Waals surface area contributed by atoms with Crippen molar-refractivity contribution >= 4 is 17.5 Å². The van der Waals surface area contributed by atoms with Crippen molar-refractivity contribution in [3.8, 4) is 0 Å². The molecule has 2 aromatic carbocycles. The number of carbonyl (C=O) groups is 1. The van der Waals surface area contributed by atoms with Crippen LogP contribution in [0.2, 0.25) is 0 Å². The summed E-state index contributed by atoms with van der Waals surface area (Å²) in [5, 5.41) is 0. The van der Waals surface area contributed by atoms with Crippen LogP contribution in [0.25, 0.3) is 6.08 Å². The topological polar surface area (TPSA) is 46.3 Å². The Morgan fingerprint density at radius 2 is 1.76 bits per heavy atom. The number of rotatable bonds is 5. The molecule has 0 aromatic heterocycles. The number of carbonyl (C=O) groups excluding carboxylic acids is 1. The highest BCUT2D eigenvalue weighted by Crippen LogP contribution is 2.24. The Kier molecular flexibility index (Phi) is 6.53. The van der Waals surface area contributed by atoms with Gasteiger partial charge in [-0.15, -0.1) is 0 Å². The van der Waals surface area contributed by atoms with Crippen molar-refractivity contribution < 1.29 is 9.18 Å². The minimum atomic E-state index is -0.389. The third-order valence-corrected chi connectivity index (χ3v) is 5.26. The van der Waals surface area contributed by atoms with Crippen molar-refractivity contribution in [2.75, 3.05) is 25.4 Å². The maximum atomic E-state index is 13.2. The van der Waals surface area contributed by atoms with Gasteiger partial charge in [0, 0.05) is 37.3 Å². The summed E-state index contributed by atoms with van der Waals surface area (Å²) in [5.74, 6) is -0.404. The van der Waals surface area contributed by atoms with Crippen LogP contribution in [0.15, 0.2) is 48.0 Å². The first-order valence-corrected chi connectivity index (χ1v) is 10.3. The van der Waals surface area contributed by atoms with Crippen LogP contribution in [0.3, 0.4) is 0 Å². The third-order valence-electron chi connectivity index (χ3n) is 5.26. The number of halogens is 1. The van der Waals surface area contributed by atoms with Gasteiger partial charge in [-0.1, -0.05) is 62.8 Å². The van der Waals surface area contributed by atoms with Crippen molar-refractivity contribution in [3.05, 3.63) is 70.5 Å². The summed E-state index contributed by atoms with van der Waals surface area (Å²) in [6, 6.07) is 11.9. The molecule has 1 aliphatic rings. The predicted molar refractivity (Wildman–Crippen MR) is 118 cm³/mol. The van der Waals surface area contributed by atoms with Gasteiger partial charge in [0.2, 0.25) is 0 Å². The van der Waals surface area contributed by atoms with E-state index in [1.54, 1.807) is 6.07 Å². The lowest BCUT2D eigenvalue weighted by Gasteiger charge is -2.33. The number of ketones is 1. The molecule has 0 spiro atoms. The maximum Gasteiger partial charge on any atom is 0.167 e. The SMILES string of the molecule is CC(C)(C)CN1CCC(=Cc2ccc(C(=O)Cc3ccc(F)cc3N)cc2)CC1. The first-order chi connectivity index (χ1) is 13.7. The summed E-state index contributed by atoms with van der Waals surface area (Å²) in [6.07, 6.45) is 4.62. The van der Waals surface area contributed by atoms with Gasteiger partial charge in [-0.05, 0) is 41.5 Å². The molecule has 1 aliphatic heterocycles. The Morgan fingerprint density at radius 3 is 2.34 bits per heavy atom. The van der Waals surface area contributed by atoms with E-state index in [0.29, 0.717) is 22.2 Å². The molecule has 2 aromatic rings. The Hall–Kier alpha value is -2.46. The van der Waals surface area contributed by atoms with E-state index in [1.165, 1.54) is 17.7 Å². The monoisotopic (exact) mass is 394 g/mol. The van der Waals surface area contributed by atoms with Crippen LogP contribution >= 0.6 is 0 Å². The summed E-state index contributed by atoms with van der Waals surface area (Å²) in [4.78, 5) is 15.1. The second-order valence-electron chi connectivity index (χ2n) is 9.20. The lowest BCUT2D eigenvalue weighted by Crippen LogP contribution is -2.37. The molecule has 1 fully saturated rings. The van der Waals surface area contributed by atoms with Crippen molar-refractivity contribution in [2.24, 2.45) is 5.41 Å². The molecule has 4 heteroatoms. The predicted octanol–water partition coefficient (Wildman–Crippen LogP) is 5.36. The number of benzene rings is 2. The lowest BCUT2D eigenvalue weighted by atomic mass is 9.93. The number of nitrogen functional groups attached to an aromatic ring is 1. The summed E-state index contributed by atoms with van der Waals surface area (Å²) in [7, 11) is 0. The molecule has 1 saturated heterocycles. The normalized spacial score (nSPS) is 15.4. The van der Waals surface area contributed by atoms with Crippen molar-refractivity contribution in [3.63, 3.8) is 0 Å². The number of hydrogen-bond donors (Lipinski definition) is 1. The minimum absolute atomic E-state index is 0.0157. The molecule has 0 amide bonds. The molecule has 0 radical (unpaired) electrons. The molecule has 3 nitrogen and oxygen atoms in total. The molecule has 154 valence electrons. The van der Waals surface area contributed by atoms with Gasteiger partial charge in [0.1, 0.15) is 5.82 Å². The van der Waals surface area contributed by atoms with Crippen LogP contribution in [0.4, 0.5) is 10.1 Å². The molecular weight excluding hydrogens is 363 g/mol. The van der Waals surface area contributed by atoms with Gasteiger partial charge in [-0.2, -0.15) is 0 Å². The average molecular weight is 395 g/mol. The van der Waals surface area contributed by atoms with Crippen LogP contribution in [-0.2, 0) is 6.42 Å². The zero-order valence-corrected chi connectivity index (χ0v) is 17.7. The van der Waals surface area contributed by atoms with Crippen LogP contribution in [0.1, 0.15) is 55.1 Å². The number of nitrogens with two attached hydrogens (primary N) is 1. The molecule has 1 heterocycles. The van der Waals surface area contributed by atoms with Gasteiger partial charge in [0.15, 0.2) is 5.78 Å². The highest BCUT2D eigenvalue weighted by atomic mass is 19.1. The van der Waals surface area contributed by atoms with Crippen LogP contribution < -0.4 is 5.73 Å². The first kappa shape index (κ1) is 21.3. The van der Waals surface area contributed by atoms with Gasteiger partial charge in [0.25, 0.3) is 0 Å². The van der Waals surface area contributed by atoms with Gasteiger partial charge < -0.3 is 10.6 Å². The Balaban J connectivity index is 1.59. The zero-order valence-electron chi connectivity index (χ0n) is 17.7. The standard InChI is InChI=1S/C25H31FN2O/c1-25(2,3)17-28-12-10-19(11-13-28)14-18-4-6-20(7-5-18)24(29)15-21-8-9-22(26)16-23(21)27/h4-9,14,16H,10-13,15,17,27H2,1-3H3. The third kappa shape index (κ3) is 6.26. The van der Waals surface area contributed by atoms with Crippen LogP contribution in [-0.4, -0.2) is 30.3 Å². The second kappa shape index (κ2) is 8.91. The summed E-state index contributed by atoms with van der Waals surface area (Å²) >= 11 is 0. The van der Waals surface area contributed by atoms with Gasteiger partial charge in [-0.25, -0.2) is 4.39 Å². The average Bonchev–Trinajstić information content (AvgIpc) is 2.65. The lowest BCUT2D eigenvalue weighted by molar-refractivity contribution is 0.0993. The number of anilines is 1. The smallest absolute Gasteiger partial charge is 0.167 e. The van der Waals surface area contributed by atoms with Crippen LogP contribution in [0.5, 0.6) is 0 Å². The number of hydrogen-bond acceptors (Lipinski definition) is 3. The van der Waals surface area contributed by atoms with E-state index in [0.717, 1.165) is 38.0 Å². The number of piperidine rings is 1. The highest BCUT2D eigenvalue weighted by Gasteiger charge is 2.19. The molecule has 0 unspecified atom stereocenters. The second-order valence-corrected chi connectivity index (χ2v) is 9.20. The van der Waals surface area contributed by atoms with E-state index in [2.05, 4.69) is 31.7 Å². The molecule has 0 atom stereocenters. The number of likely N-dealkylation sites (tertiary alicyclic amines) is 1. The molecule has 0 aliphatic carbocycles. The van der Waals surface area contributed by atoms with E-state index in [4.69, 9.17) is 5.73 Å². The fraction of sp³-hybridized carbons (Fsp3) is 0.400. The number of nitrogens with zero attached hydrogens (tertiary/aromatic N) is 1. The molecule has 2 N–H and O–H groups in total. The Bertz CT molecular complexity index is 884. The first-order valence-electron chi connectivity index (χ1n) is 10.3. The Morgan fingerprint density at radius 1 is 1.10 bits per heavy atom. The molecule has 3 rings (SSSR count). The fourth-order valence-corrected chi connectivity index (χ4v) is 3.82. The van der Waals surface area contributed by atoms with E-state index >= 15 is 0 Å². The van der Waals surface area contributed by atoms with E-state index < -0.39 is 0 Å². The zero-order chi connectivity index (χ0) is 21.0. The Labute approximate surface area is 173 Å². The molecular formula is C25H31FN2O. The minimum Gasteiger partial charge on any atom is -0.398 e. The van der Waals surface area contributed by atoms with E-state index in [9.17, 15) is 9.18 Å².